The van der Waals surface area contributed by atoms with Crippen molar-refractivity contribution in [3.05, 3.63) is 32.9 Å². The Hall–Kier alpha value is -0.780. The summed E-state index contributed by atoms with van der Waals surface area (Å²) in [5.41, 5.74) is -1.95. The molecule has 0 spiro atoms. The lowest BCUT2D eigenvalue weighted by Crippen LogP contribution is -2.36. The maximum Gasteiger partial charge on any atom is 0.330 e. The van der Waals surface area contributed by atoms with Crippen LogP contribution in [0.25, 0.3) is 0 Å². The molecule has 1 unspecified atom stereocenters. The Morgan fingerprint density at radius 3 is 2.78 bits per heavy atom. The number of nitrogens with zero attached hydrogens (tertiary/aromatic N) is 1. The highest BCUT2D eigenvalue weighted by molar-refractivity contribution is 14.1. The average molecular weight is 372 g/mol. The second-order valence-electron chi connectivity index (χ2n) is 3.83. The number of H-pyrrole nitrogens is 1. The molecule has 1 saturated heterocycles. The third kappa shape index (κ3) is 2.22. The zero-order valence-electron chi connectivity index (χ0n) is 8.92. The van der Waals surface area contributed by atoms with Gasteiger partial charge >= 0.3 is 5.69 Å². The molecule has 1 aliphatic heterocycles. The molecule has 1 fully saturated rings. The first-order valence-electron chi connectivity index (χ1n) is 5.05. The third-order valence-corrected chi connectivity index (χ3v) is 4.02. The van der Waals surface area contributed by atoms with Crippen LogP contribution in [0.5, 0.6) is 0 Å². The second kappa shape index (κ2) is 5.07. The van der Waals surface area contributed by atoms with E-state index in [2.05, 4.69) is 0 Å². The molecule has 2 heterocycles. The number of hydrogen-bond acceptors (Lipinski definition) is 5. The van der Waals surface area contributed by atoms with Crippen LogP contribution in [0.3, 0.4) is 0 Å². The Kier molecular flexibility index (Phi) is 3.84. The molecule has 18 heavy (non-hydrogen) atoms. The molecule has 0 aromatic carbocycles. The highest BCUT2D eigenvalue weighted by Crippen LogP contribution is 2.33. The second-order valence-corrected chi connectivity index (χ2v) is 5.26. The topological polar surface area (TPSA) is 105 Å². The van der Waals surface area contributed by atoms with Crippen LogP contribution in [0.2, 0.25) is 0 Å². The van der Waals surface area contributed by atoms with Gasteiger partial charge in [-0.25, -0.2) is 4.79 Å². The molecule has 0 aliphatic carbocycles. The van der Waals surface area contributed by atoms with Gasteiger partial charge in [-0.2, -0.15) is 4.39 Å². The molecule has 0 amide bonds. The lowest BCUT2D eigenvalue weighted by Gasteiger charge is -2.16. The first-order chi connectivity index (χ1) is 8.45. The largest absolute Gasteiger partial charge is 0.394 e. The van der Waals surface area contributed by atoms with Crippen molar-refractivity contribution < 1.29 is 19.3 Å². The molecular formula is C9H10FIN2O5. The van der Waals surface area contributed by atoms with Crippen LogP contribution in [0.4, 0.5) is 4.39 Å². The predicted octanol–water partition coefficient (Wildman–Crippen LogP) is -1.27. The first-order valence-corrected chi connectivity index (χ1v) is 6.29. The molecule has 2 rings (SSSR count). The number of rotatable bonds is 2. The van der Waals surface area contributed by atoms with Crippen LogP contribution in [-0.2, 0) is 4.74 Å². The fraction of sp³-hybridized carbons (Fsp3) is 0.556. The summed E-state index contributed by atoms with van der Waals surface area (Å²) < 4.78 is 18.7. The Morgan fingerprint density at radius 1 is 1.56 bits per heavy atom. The normalized spacial score (nSPS) is 31.8. The van der Waals surface area contributed by atoms with E-state index in [9.17, 15) is 19.1 Å². The van der Waals surface area contributed by atoms with E-state index in [4.69, 9.17) is 9.84 Å². The van der Waals surface area contributed by atoms with Crippen LogP contribution in [-0.4, -0.2) is 42.5 Å². The Balaban J connectivity index is 2.42. The molecule has 3 N–H and O–H groups in total. The number of aliphatic hydroxyl groups excluding tert-OH is 2. The maximum absolute atomic E-state index is 13.1. The molecular weight excluding hydrogens is 362 g/mol. The van der Waals surface area contributed by atoms with Gasteiger partial charge < -0.3 is 14.9 Å². The lowest BCUT2D eigenvalue weighted by molar-refractivity contribution is -0.0458. The molecule has 0 bridgehead atoms. The summed E-state index contributed by atoms with van der Waals surface area (Å²) in [6.45, 7) is -0.419. The van der Waals surface area contributed by atoms with Gasteiger partial charge in [0.15, 0.2) is 6.23 Å². The summed E-state index contributed by atoms with van der Waals surface area (Å²) in [7, 11) is 0. The minimum absolute atomic E-state index is 0.419. The van der Waals surface area contributed by atoms with Crippen LogP contribution in [0.1, 0.15) is 6.23 Å². The molecule has 1 aromatic heterocycles. The van der Waals surface area contributed by atoms with E-state index in [0.29, 0.717) is 0 Å². The minimum Gasteiger partial charge on any atom is -0.394 e. The van der Waals surface area contributed by atoms with Gasteiger partial charge in [-0.15, -0.1) is 0 Å². The van der Waals surface area contributed by atoms with Gasteiger partial charge in [0.05, 0.1) is 22.8 Å². The summed E-state index contributed by atoms with van der Waals surface area (Å²) in [5.74, 6) is -1.12. The van der Waals surface area contributed by atoms with E-state index >= 15 is 0 Å². The zero-order chi connectivity index (χ0) is 13.4. The Labute approximate surface area is 113 Å². The number of aromatic nitrogens is 2. The average Bonchev–Trinajstić information content (AvgIpc) is 2.61. The summed E-state index contributed by atoms with van der Waals surface area (Å²) in [4.78, 5) is 24.2. The zero-order valence-corrected chi connectivity index (χ0v) is 11.1. The van der Waals surface area contributed by atoms with E-state index < -0.39 is 46.0 Å². The van der Waals surface area contributed by atoms with Gasteiger partial charge in [0.25, 0.3) is 5.56 Å². The summed E-state index contributed by atoms with van der Waals surface area (Å²) >= 11 is 1.84. The lowest BCUT2D eigenvalue weighted by atomic mass is 10.2. The molecule has 1 aromatic rings. The standard InChI is InChI=1S/C9H10FIN2O5/c10-3-1-13(9(17)12-7(3)16)8-5(11)6(15)4(2-14)18-8/h1,4-6,8,14-15H,2H2,(H,12,16,17)/t4-,5?,6-,8-/m1/s1. The van der Waals surface area contributed by atoms with E-state index in [-0.39, 0.29) is 0 Å². The number of ether oxygens (including phenoxy) is 1. The monoisotopic (exact) mass is 372 g/mol. The van der Waals surface area contributed by atoms with E-state index in [1.807, 2.05) is 22.6 Å². The minimum atomic E-state index is -1.12. The highest BCUT2D eigenvalue weighted by atomic mass is 127. The first kappa shape index (κ1) is 13.6. The van der Waals surface area contributed by atoms with Crippen LogP contribution in [0, 0.1) is 5.82 Å². The Bertz CT molecular complexity index is 559. The third-order valence-electron chi connectivity index (χ3n) is 2.67. The fourth-order valence-corrected chi connectivity index (χ4v) is 2.71. The molecule has 1 aliphatic rings. The number of alkyl halides is 1. The van der Waals surface area contributed by atoms with Crippen molar-refractivity contribution in [3.63, 3.8) is 0 Å². The predicted molar refractivity (Wildman–Crippen MR) is 66.1 cm³/mol. The quantitative estimate of drug-likeness (QED) is 0.444. The van der Waals surface area contributed by atoms with E-state index in [1.165, 1.54) is 0 Å². The summed E-state index contributed by atoms with van der Waals surface area (Å²) in [5, 5.41) is 18.7. The molecule has 0 saturated carbocycles. The molecule has 0 radical (unpaired) electrons. The van der Waals surface area contributed by atoms with Crippen molar-refractivity contribution in [1.29, 1.82) is 0 Å². The number of hydrogen-bond donors (Lipinski definition) is 3. The fourth-order valence-electron chi connectivity index (χ4n) is 1.73. The molecule has 7 nitrogen and oxygen atoms in total. The number of aliphatic hydroxyl groups is 2. The smallest absolute Gasteiger partial charge is 0.330 e. The van der Waals surface area contributed by atoms with Crippen molar-refractivity contribution in [2.75, 3.05) is 6.61 Å². The van der Waals surface area contributed by atoms with Crippen LogP contribution < -0.4 is 11.2 Å². The van der Waals surface area contributed by atoms with Crippen molar-refractivity contribution in [2.24, 2.45) is 0 Å². The summed E-state index contributed by atoms with van der Waals surface area (Å²) in [6.07, 6.45) is -2.05. The molecule has 9 heteroatoms. The molecule has 4 atom stereocenters. The number of halogens is 2. The van der Waals surface area contributed by atoms with Gasteiger partial charge in [-0.05, 0) is 0 Å². The van der Waals surface area contributed by atoms with Gasteiger partial charge in [-0.1, -0.05) is 22.6 Å². The molecule has 100 valence electrons. The SMILES string of the molecule is O=c1[nH]c(=O)n([C@@H]2O[C@H](CO)[C@@H](O)C2I)cc1F. The van der Waals surface area contributed by atoms with Gasteiger partial charge in [0.2, 0.25) is 5.82 Å². The van der Waals surface area contributed by atoms with Gasteiger partial charge in [-0.3, -0.25) is 14.3 Å². The van der Waals surface area contributed by atoms with Crippen LogP contribution >= 0.6 is 22.6 Å². The van der Waals surface area contributed by atoms with Crippen molar-refractivity contribution in [3.8, 4) is 0 Å². The van der Waals surface area contributed by atoms with Crippen molar-refractivity contribution >= 4 is 22.6 Å². The summed E-state index contributed by atoms with van der Waals surface area (Å²) in [6, 6.07) is 0. The van der Waals surface area contributed by atoms with Crippen molar-refractivity contribution in [1.82, 2.24) is 9.55 Å². The Morgan fingerprint density at radius 2 is 2.22 bits per heavy atom. The van der Waals surface area contributed by atoms with Crippen molar-refractivity contribution in [2.45, 2.75) is 22.4 Å². The maximum atomic E-state index is 13.1. The van der Waals surface area contributed by atoms with Crippen LogP contribution in [0.15, 0.2) is 15.8 Å². The van der Waals surface area contributed by atoms with E-state index in [0.717, 1.165) is 10.8 Å². The highest BCUT2D eigenvalue weighted by Gasteiger charge is 2.43. The van der Waals surface area contributed by atoms with Gasteiger partial charge in [0.1, 0.15) is 6.10 Å². The van der Waals surface area contributed by atoms with Gasteiger partial charge in [0, 0.05) is 0 Å². The number of nitrogens with one attached hydrogen (secondary N) is 1. The van der Waals surface area contributed by atoms with E-state index in [1.54, 1.807) is 4.98 Å². The number of aromatic amines is 1.